The SMILES string of the molecule is CC1=CC(C)C(O)(CC(C)C)C1. The molecule has 1 rings (SSSR count). The average Bonchev–Trinajstić information content (AvgIpc) is 2.04. The molecule has 0 radical (unpaired) electrons. The Bertz CT molecular complexity index is 193. The lowest BCUT2D eigenvalue weighted by molar-refractivity contribution is -0.00295. The van der Waals surface area contributed by atoms with E-state index in [1.165, 1.54) is 5.57 Å². The minimum atomic E-state index is -0.446. The van der Waals surface area contributed by atoms with Crippen molar-refractivity contribution < 1.29 is 5.11 Å². The Kier molecular flexibility index (Phi) is 2.62. The van der Waals surface area contributed by atoms with Crippen LogP contribution in [0.25, 0.3) is 0 Å². The van der Waals surface area contributed by atoms with Crippen molar-refractivity contribution in [3.63, 3.8) is 0 Å². The second kappa shape index (κ2) is 3.21. The summed E-state index contributed by atoms with van der Waals surface area (Å²) in [5.74, 6) is 0.914. The van der Waals surface area contributed by atoms with Crippen LogP contribution in [0.5, 0.6) is 0 Å². The van der Waals surface area contributed by atoms with Crippen LogP contribution in [0.1, 0.15) is 40.5 Å². The van der Waals surface area contributed by atoms with Crippen LogP contribution in [0.4, 0.5) is 0 Å². The van der Waals surface area contributed by atoms with Gasteiger partial charge in [0.05, 0.1) is 5.60 Å². The first kappa shape index (κ1) is 9.79. The van der Waals surface area contributed by atoms with Crippen LogP contribution in [0.15, 0.2) is 11.6 Å². The average molecular weight is 168 g/mol. The maximum Gasteiger partial charge on any atom is 0.0746 e. The van der Waals surface area contributed by atoms with Gasteiger partial charge in [-0.2, -0.15) is 0 Å². The topological polar surface area (TPSA) is 20.2 Å². The lowest BCUT2D eigenvalue weighted by Gasteiger charge is -2.29. The normalized spacial score (nSPS) is 35.8. The monoisotopic (exact) mass is 168 g/mol. The second-order valence-corrected chi connectivity index (χ2v) is 4.68. The molecule has 0 aromatic carbocycles. The van der Waals surface area contributed by atoms with Gasteiger partial charge >= 0.3 is 0 Å². The molecule has 1 nitrogen and oxygen atoms in total. The van der Waals surface area contributed by atoms with Gasteiger partial charge in [0.2, 0.25) is 0 Å². The molecule has 1 heteroatoms. The van der Waals surface area contributed by atoms with Gasteiger partial charge in [-0.05, 0) is 25.7 Å². The number of hydrogen-bond donors (Lipinski definition) is 1. The molecular weight excluding hydrogens is 148 g/mol. The summed E-state index contributed by atoms with van der Waals surface area (Å²) in [6.45, 7) is 8.55. The Morgan fingerprint density at radius 2 is 2.25 bits per heavy atom. The first-order chi connectivity index (χ1) is 5.44. The van der Waals surface area contributed by atoms with Gasteiger partial charge in [0.1, 0.15) is 0 Å². The van der Waals surface area contributed by atoms with Gasteiger partial charge in [0, 0.05) is 5.92 Å². The van der Waals surface area contributed by atoms with E-state index < -0.39 is 5.60 Å². The smallest absolute Gasteiger partial charge is 0.0746 e. The van der Waals surface area contributed by atoms with Crippen molar-refractivity contribution in [2.75, 3.05) is 0 Å². The molecule has 2 atom stereocenters. The van der Waals surface area contributed by atoms with Crippen molar-refractivity contribution >= 4 is 0 Å². The second-order valence-electron chi connectivity index (χ2n) is 4.68. The van der Waals surface area contributed by atoms with Gasteiger partial charge in [0.25, 0.3) is 0 Å². The zero-order valence-corrected chi connectivity index (χ0v) is 8.59. The molecule has 2 unspecified atom stereocenters. The minimum absolute atomic E-state index is 0.333. The fourth-order valence-electron chi connectivity index (χ4n) is 2.25. The molecule has 12 heavy (non-hydrogen) atoms. The molecule has 70 valence electrons. The van der Waals surface area contributed by atoms with Crippen molar-refractivity contribution in [1.82, 2.24) is 0 Å². The van der Waals surface area contributed by atoms with Gasteiger partial charge in [0.15, 0.2) is 0 Å². The molecule has 1 aliphatic carbocycles. The molecule has 0 amide bonds. The number of hydrogen-bond acceptors (Lipinski definition) is 1. The van der Waals surface area contributed by atoms with Crippen LogP contribution in [-0.4, -0.2) is 10.7 Å². The molecule has 0 aliphatic heterocycles. The molecule has 0 aromatic heterocycles. The molecule has 0 bridgehead atoms. The molecule has 0 aromatic rings. The fraction of sp³-hybridized carbons (Fsp3) is 0.818. The van der Waals surface area contributed by atoms with Crippen LogP contribution >= 0.6 is 0 Å². The quantitative estimate of drug-likeness (QED) is 0.629. The van der Waals surface area contributed by atoms with E-state index in [0.29, 0.717) is 11.8 Å². The number of aliphatic hydroxyl groups is 1. The van der Waals surface area contributed by atoms with Crippen molar-refractivity contribution in [2.24, 2.45) is 11.8 Å². The first-order valence-electron chi connectivity index (χ1n) is 4.84. The predicted octanol–water partition coefficient (Wildman–Crippen LogP) is 2.75. The van der Waals surface area contributed by atoms with E-state index in [1.807, 2.05) is 0 Å². The van der Waals surface area contributed by atoms with E-state index in [0.717, 1.165) is 12.8 Å². The van der Waals surface area contributed by atoms with Gasteiger partial charge in [-0.15, -0.1) is 0 Å². The van der Waals surface area contributed by atoms with E-state index in [1.54, 1.807) is 0 Å². The van der Waals surface area contributed by atoms with Crippen LogP contribution < -0.4 is 0 Å². The van der Waals surface area contributed by atoms with Gasteiger partial charge in [-0.3, -0.25) is 0 Å². The zero-order chi connectivity index (χ0) is 9.35. The third kappa shape index (κ3) is 1.89. The molecule has 0 heterocycles. The fourth-order valence-corrected chi connectivity index (χ4v) is 2.25. The Morgan fingerprint density at radius 3 is 2.58 bits per heavy atom. The zero-order valence-electron chi connectivity index (χ0n) is 8.59. The highest BCUT2D eigenvalue weighted by Crippen LogP contribution is 2.38. The first-order valence-corrected chi connectivity index (χ1v) is 4.84. The van der Waals surface area contributed by atoms with Crippen LogP contribution in [0.2, 0.25) is 0 Å². The summed E-state index contributed by atoms with van der Waals surface area (Å²) in [7, 11) is 0. The van der Waals surface area contributed by atoms with Crippen molar-refractivity contribution in [1.29, 1.82) is 0 Å². The van der Waals surface area contributed by atoms with E-state index >= 15 is 0 Å². The van der Waals surface area contributed by atoms with Crippen molar-refractivity contribution in [3.8, 4) is 0 Å². The molecule has 0 saturated heterocycles. The summed E-state index contributed by atoms with van der Waals surface area (Å²) in [5.41, 5.74) is 0.892. The molecule has 0 fully saturated rings. The summed E-state index contributed by atoms with van der Waals surface area (Å²) < 4.78 is 0. The highest BCUT2D eigenvalue weighted by Gasteiger charge is 2.37. The largest absolute Gasteiger partial charge is 0.389 e. The number of rotatable bonds is 2. The van der Waals surface area contributed by atoms with Gasteiger partial charge in [-0.1, -0.05) is 32.4 Å². The Hall–Kier alpha value is -0.300. The van der Waals surface area contributed by atoms with Gasteiger partial charge < -0.3 is 5.11 Å². The third-order valence-corrected chi connectivity index (χ3v) is 2.73. The van der Waals surface area contributed by atoms with E-state index in [-0.39, 0.29) is 0 Å². The summed E-state index contributed by atoms with van der Waals surface area (Å²) in [5, 5.41) is 10.2. The lowest BCUT2D eigenvalue weighted by atomic mass is 9.83. The molecule has 1 aliphatic rings. The van der Waals surface area contributed by atoms with Crippen LogP contribution in [0.3, 0.4) is 0 Å². The highest BCUT2D eigenvalue weighted by atomic mass is 16.3. The van der Waals surface area contributed by atoms with Crippen molar-refractivity contribution in [2.45, 2.75) is 46.1 Å². The predicted molar refractivity (Wildman–Crippen MR) is 51.9 cm³/mol. The molecular formula is C11H20O. The third-order valence-electron chi connectivity index (χ3n) is 2.73. The Balaban J connectivity index is 2.63. The minimum Gasteiger partial charge on any atom is -0.389 e. The van der Waals surface area contributed by atoms with Crippen LogP contribution in [0, 0.1) is 11.8 Å². The Morgan fingerprint density at radius 1 is 1.67 bits per heavy atom. The summed E-state index contributed by atoms with van der Waals surface area (Å²) in [6, 6.07) is 0. The molecule has 0 saturated carbocycles. The maximum atomic E-state index is 10.2. The Labute approximate surface area is 75.5 Å². The van der Waals surface area contributed by atoms with Crippen LogP contribution in [-0.2, 0) is 0 Å². The maximum absolute atomic E-state index is 10.2. The highest BCUT2D eigenvalue weighted by molar-refractivity contribution is 5.17. The summed E-state index contributed by atoms with van der Waals surface area (Å²) >= 11 is 0. The molecule has 0 spiro atoms. The van der Waals surface area contributed by atoms with E-state index in [9.17, 15) is 5.11 Å². The standard InChI is InChI=1S/C11H20O/c1-8(2)6-11(12)7-9(3)5-10(11)4/h5,8,10,12H,6-7H2,1-4H3. The van der Waals surface area contributed by atoms with E-state index in [2.05, 4.69) is 33.8 Å². The van der Waals surface area contributed by atoms with Crippen molar-refractivity contribution in [3.05, 3.63) is 11.6 Å². The van der Waals surface area contributed by atoms with E-state index in [4.69, 9.17) is 0 Å². The van der Waals surface area contributed by atoms with Gasteiger partial charge in [-0.25, -0.2) is 0 Å². The summed E-state index contributed by atoms with van der Waals surface area (Å²) in [4.78, 5) is 0. The lowest BCUT2D eigenvalue weighted by Crippen LogP contribution is -2.33. The molecule has 1 N–H and O–H groups in total. The summed E-state index contributed by atoms with van der Waals surface area (Å²) in [6.07, 6.45) is 3.98.